The molecule has 2 rings (SSSR count). The fraction of sp³-hybridized carbons (Fsp3) is 0.600. The summed E-state index contributed by atoms with van der Waals surface area (Å²) in [6.45, 7) is 8.91. The van der Waals surface area contributed by atoms with Gasteiger partial charge in [0.2, 0.25) is 5.91 Å². The Hall–Kier alpha value is -1.26. The first-order valence-corrected chi connectivity index (χ1v) is 9.98. The lowest BCUT2D eigenvalue weighted by molar-refractivity contribution is -0.124. The summed E-state index contributed by atoms with van der Waals surface area (Å²) in [7, 11) is 1.58. The third-order valence-electron chi connectivity index (χ3n) is 4.53. The number of halogens is 2. The van der Waals surface area contributed by atoms with E-state index in [1.54, 1.807) is 19.2 Å². The van der Waals surface area contributed by atoms with E-state index in [0.29, 0.717) is 35.7 Å². The van der Waals surface area contributed by atoms with Gasteiger partial charge in [0, 0.05) is 17.8 Å². The number of carbonyl (C=O) groups excluding carboxylic acids is 1. The number of piperidine rings is 1. The summed E-state index contributed by atoms with van der Waals surface area (Å²) in [4.78, 5) is 18.7. The quantitative estimate of drug-likeness (QED) is 0.294. The molecule has 1 aromatic rings. The number of aliphatic imine (C=N–C) groups is 1. The number of nitrogens with one attached hydrogen (secondary N) is 2. The first-order chi connectivity index (χ1) is 13.2. The fourth-order valence-corrected chi connectivity index (χ4v) is 3.40. The van der Waals surface area contributed by atoms with Crippen molar-refractivity contribution in [2.75, 3.05) is 38.6 Å². The van der Waals surface area contributed by atoms with Crippen LogP contribution in [0.15, 0.2) is 23.2 Å². The van der Waals surface area contributed by atoms with Crippen molar-refractivity contribution < 1.29 is 9.53 Å². The molecule has 164 valence electrons. The van der Waals surface area contributed by atoms with Crippen LogP contribution in [0.4, 0.5) is 5.69 Å². The zero-order chi connectivity index (χ0) is 20.7. The molecule has 1 amide bonds. The van der Waals surface area contributed by atoms with Crippen LogP contribution in [0.2, 0.25) is 5.02 Å². The third kappa shape index (κ3) is 9.39. The van der Waals surface area contributed by atoms with Gasteiger partial charge in [-0.1, -0.05) is 11.6 Å². The highest BCUT2D eigenvalue weighted by atomic mass is 127. The van der Waals surface area contributed by atoms with Gasteiger partial charge in [0.05, 0.1) is 18.7 Å². The van der Waals surface area contributed by atoms with Crippen LogP contribution in [0, 0.1) is 5.92 Å². The summed E-state index contributed by atoms with van der Waals surface area (Å²) in [6.07, 6.45) is 2.02. The van der Waals surface area contributed by atoms with Crippen LogP contribution in [0.5, 0.6) is 5.75 Å². The molecule has 7 nitrogen and oxygen atoms in total. The molecule has 0 radical (unpaired) electrons. The molecule has 1 aliphatic heterocycles. The third-order valence-corrected chi connectivity index (χ3v) is 4.83. The standard InChI is InChI=1S/C20H32ClN5O2.HI/c1-20(2,3)25-18(27)13-26-9-7-14(8-10-26)12-23-19(22)24-15-5-6-17(28-4)16(21)11-15;/h5-6,11,14H,7-10,12-13H2,1-4H3,(H,25,27)(H3,22,23,24);1H. The van der Waals surface area contributed by atoms with Crippen molar-refractivity contribution in [1.29, 1.82) is 0 Å². The second kappa shape index (κ2) is 11.8. The summed E-state index contributed by atoms with van der Waals surface area (Å²) in [5.74, 6) is 1.54. The number of hydrogen-bond acceptors (Lipinski definition) is 4. The predicted octanol–water partition coefficient (Wildman–Crippen LogP) is 3.32. The van der Waals surface area contributed by atoms with Crippen LogP contribution in [-0.4, -0.2) is 55.6 Å². The van der Waals surface area contributed by atoms with Crippen LogP contribution in [-0.2, 0) is 4.79 Å². The minimum absolute atomic E-state index is 0. The fourth-order valence-electron chi connectivity index (χ4n) is 3.15. The normalized spacial score (nSPS) is 16.1. The van der Waals surface area contributed by atoms with Crippen molar-refractivity contribution in [3.05, 3.63) is 23.2 Å². The van der Waals surface area contributed by atoms with Gasteiger partial charge >= 0.3 is 0 Å². The monoisotopic (exact) mass is 537 g/mol. The van der Waals surface area contributed by atoms with Crippen molar-refractivity contribution in [2.24, 2.45) is 16.6 Å². The summed E-state index contributed by atoms with van der Waals surface area (Å²) in [5, 5.41) is 6.58. The van der Waals surface area contributed by atoms with E-state index in [1.807, 2.05) is 26.8 Å². The molecular weight excluding hydrogens is 505 g/mol. The highest BCUT2D eigenvalue weighted by Gasteiger charge is 2.22. The Morgan fingerprint density at radius 3 is 2.55 bits per heavy atom. The zero-order valence-electron chi connectivity index (χ0n) is 17.6. The molecule has 1 aromatic carbocycles. The van der Waals surface area contributed by atoms with E-state index in [1.165, 1.54) is 0 Å². The van der Waals surface area contributed by atoms with Crippen molar-refractivity contribution in [1.82, 2.24) is 10.2 Å². The number of likely N-dealkylation sites (tertiary alicyclic amines) is 1. The maximum Gasteiger partial charge on any atom is 0.234 e. The number of carbonyl (C=O) groups is 1. The van der Waals surface area contributed by atoms with Gasteiger partial charge in [-0.15, -0.1) is 24.0 Å². The van der Waals surface area contributed by atoms with Crippen molar-refractivity contribution in [3.8, 4) is 5.75 Å². The highest BCUT2D eigenvalue weighted by molar-refractivity contribution is 14.0. The number of methoxy groups -OCH3 is 1. The van der Waals surface area contributed by atoms with Gasteiger partial charge in [-0.05, 0) is 70.8 Å². The molecule has 0 aliphatic carbocycles. The number of nitrogens with zero attached hydrogens (tertiary/aromatic N) is 2. The van der Waals surface area contributed by atoms with E-state index in [4.69, 9.17) is 22.1 Å². The van der Waals surface area contributed by atoms with Gasteiger partial charge in [0.15, 0.2) is 5.96 Å². The molecule has 0 atom stereocenters. The Balaban J connectivity index is 0.00000420. The molecule has 1 saturated heterocycles. The maximum absolute atomic E-state index is 12.0. The molecule has 0 aromatic heterocycles. The molecule has 1 aliphatic rings. The molecule has 0 unspecified atom stereocenters. The van der Waals surface area contributed by atoms with E-state index < -0.39 is 0 Å². The lowest BCUT2D eigenvalue weighted by Gasteiger charge is -2.31. The molecule has 4 N–H and O–H groups in total. The first-order valence-electron chi connectivity index (χ1n) is 9.60. The molecule has 0 spiro atoms. The molecular formula is C20H33ClIN5O2. The van der Waals surface area contributed by atoms with Crippen LogP contribution in [0.25, 0.3) is 0 Å². The number of rotatable bonds is 6. The molecule has 29 heavy (non-hydrogen) atoms. The van der Waals surface area contributed by atoms with Gasteiger partial charge in [-0.25, -0.2) is 0 Å². The first kappa shape index (κ1) is 25.8. The minimum atomic E-state index is -0.192. The second-order valence-corrected chi connectivity index (χ2v) is 8.63. The van der Waals surface area contributed by atoms with Crippen LogP contribution < -0.4 is 21.1 Å². The number of ether oxygens (including phenoxy) is 1. The van der Waals surface area contributed by atoms with E-state index in [9.17, 15) is 4.79 Å². The zero-order valence-corrected chi connectivity index (χ0v) is 20.7. The van der Waals surface area contributed by atoms with Gasteiger partial charge in [-0.2, -0.15) is 0 Å². The van der Waals surface area contributed by atoms with Gasteiger partial charge in [0.25, 0.3) is 0 Å². The van der Waals surface area contributed by atoms with E-state index in [0.717, 1.165) is 31.6 Å². The van der Waals surface area contributed by atoms with E-state index in [-0.39, 0.29) is 35.4 Å². The lowest BCUT2D eigenvalue weighted by atomic mass is 9.97. The van der Waals surface area contributed by atoms with Gasteiger partial charge in [0.1, 0.15) is 5.75 Å². The molecule has 0 saturated carbocycles. The summed E-state index contributed by atoms with van der Waals surface area (Å²) in [5.41, 5.74) is 6.58. The molecule has 0 bridgehead atoms. The number of benzene rings is 1. The number of hydrogen-bond donors (Lipinski definition) is 3. The Bertz CT molecular complexity index is 701. The van der Waals surface area contributed by atoms with E-state index >= 15 is 0 Å². The van der Waals surface area contributed by atoms with Crippen molar-refractivity contribution in [3.63, 3.8) is 0 Å². The van der Waals surface area contributed by atoms with Crippen LogP contribution in [0.3, 0.4) is 0 Å². The lowest BCUT2D eigenvalue weighted by Crippen LogP contribution is -2.47. The largest absolute Gasteiger partial charge is 0.495 e. The molecule has 1 heterocycles. The summed E-state index contributed by atoms with van der Waals surface area (Å²) >= 11 is 6.12. The highest BCUT2D eigenvalue weighted by Crippen LogP contribution is 2.27. The van der Waals surface area contributed by atoms with Crippen LogP contribution >= 0.6 is 35.6 Å². The minimum Gasteiger partial charge on any atom is -0.495 e. The number of nitrogens with two attached hydrogens (primary N) is 1. The second-order valence-electron chi connectivity index (χ2n) is 8.22. The average molecular weight is 538 g/mol. The van der Waals surface area contributed by atoms with Crippen molar-refractivity contribution in [2.45, 2.75) is 39.2 Å². The maximum atomic E-state index is 12.0. The number of guanidine groups is 1. The smallest absolute Gasteiger partial charge is 0.234 e. The molecule has 9 heteroatoms. The Kier molecular flexibility index (Phi) is 10.5. The SMILES string of the molecule is COc1ccc(NC(N)=NCC2CCN(CC(=O)NC(C)(C)C)CC2)cc1Cl.I. The summed E-state index contributed by atoms with van der Waals surface area (Å²) < 4.78 is 5.14. The Morgan fingerprint density at radius 2 is 2.00 bits per heavy atom. The topological polar surface area (TPSA) is 92.0 Å². The van der Waals surface area contributed by atoms with Crippen molar-refractivity contribution >= 4 is 53.1 Å². The van der Waals surface area contributed by atoms with E-state index in [2.05, 4.69) is 20.5 Å². The number of anilines is 1. The van der Waals surface area contributed by atoms with Gasteiger partial charge in [-0.3, -0.25) is 14.7 Å². The Morgan fingerprint density at radius 1 is 1.34 bits per heavy atom. The predicted molar refractivity (Wildman–Crippen MR) is 131 cm³/mol. The molecule has 1 fully saturated rings. The van der Waals surface area contributed by atoms with Crippen LogP contribution in [0.1, 0.15) is 33.6 Å². The average Bonchev–Trinajstić information content (AvgIpc) is 2.59. The summed E-state index contributed by atoms with van der Waals surface area (Å²) in [6, 6.07) is 5.38. The Labute approximate surface area is 195 Å². The van der Waals surface area contributed by atoms with Gasteiger partial charge < -0.3 is 21.1 Å². The number of amides is 1.